The third-order valence-electron chi connectivity index (χ3n) is 5.72. The van der Waals surface area contributed by atoms with Gasteiger partial charge < -0.3 is 14.2 Å². The first-order chi connectivity index (χ1) is 14.7. The van der Waals surface area contributed by atoms with Crippen molar-refractivity contribution in [3.05, 3.63) is 24.2 Å². The number of piperidine rings is 1. The van der Waals surface area contributed by atoms with Gasteiger partial charge in [-0.05, 0) is 43.7 Å². The average molecular weight is 429 g/mol. The van der Waals surface area contributed by atoms with E-state index in [-0.39, 0.29) is 11.7 Å². The van der Waals surface area contributed by atoms with Crippen molar-refractivity contribution < 1.29 is 9.21 Å². The highest BCUT2D eigenvalue weighted by Crippen LogP contribution is 2.41. The highest BCUT2D eigenvalue weighted by molar-refractivity contribution is 7.99. The van der Waals surface area contributed by atoms with Crippen LogP contribution in [-0.2, 0) is 11.3 Å². The van der Waals surface area contributed by atoms with E-state index in [1.807, 2.05) is 6.07 Å². The molecule has 160 valence electrons. The second kappa shape index (κ2) is 9.56. The van der Waals surface area contributed by atoms with Crippen LogP contribution in [0.25, 0.3) is 0 Å². The first kappa shape index (κ1) is 20.8. The van der Waals surface area contributed by atoms with Crippen molar-refractivity contribution >= 4 is 23.6 Å². The molecular formula is C21H28N6O2S. The molecular weight excluding hydrogens is 400 g/mol. The summed E-state index contributed by atoms with van der Waals surface area (Å²) in [6.45, 7) is 5.10. The van der Waals surface area contributed by atoms with E-state index in [1.165, 1.54) is 24.6 Å². The van der Waals surface area contributed by atoms with Gasteiger partial charge in [0.05, 0.1) is 31.1 Å². The summed E-state index contributed by atoms with van der Waals surface area (Å²) in [5, 5.41) is 18.7. The molecule has 1 aliphatic heterocycles. The van der Waals surface area contributed by atoms with E-state index in [9.17, 15) is 4.79 Å². The Kier molecular flexibility index (Phi) is 6.62. The Morgan fingerprint density at radius 2 is 2.13 bits per heavy atom. The fourth-order valence-electron chi connectivity index (χ4n) is 3.73. The fourth-order valence-corrected chi connectivity index (χ4v) is 4.63. The van der Waals surface area contributed by atoms with Crippen LogP contribution in [-0.4, -0.2) is 51.0 Å². The molecule has 1 amide bonds. The number of nitrogens with zero attached hydrogens (tertiary/aromatic N) is 6. The van der Waals surface area contributed by atoms with E-state index in [4.69, 9.17) is 9.68 Å². The number of anilines is 1. The zero-order valence-corrected chi connectivity index (χ0v) is 18.2. The van der Waals surface area contributed by atoms with Crippen molar-refractivity contribution in [2.45, 2.75) is 56.8 Å². The molecule has 2 aliphatic rings. The van der Waals surface area contributed by atoms with Crippen LogP contribution in [0.5, 0.6) is 0 Å². The predicted octanol–water partition coefficient (Wildman–Crippen LogP) is 3.48. The second-order valence-electron chi connectivity index (χ2n) is 8.14. The Morgan fingerprint density at radius 3 is 2.80 bits per heavy atom. The van der Waals surface area contributed by atoms with Crippen LogP contribution >= 0.6 is 11.8 Å². The summed E-state index contributed by atoms with van der Waals surface area (Å²) >= 11 is 1.44. The third kappa shape index (κ3) is 4.98. The summed E-state index contributed by atoms with van der Waals surface area (Å²) in [6, 6.07) is 6.21. The summed E-state index contributed by atoms with van der Waals surface area (Å²) in [5.41, 5.74) is 0. The van der Waals surface area contributed by atoms with Gasteiger partial charge in [-0.15, -0.1) is 10.2 Å². The van der Waals surface area contributed by atoms with E-state index in [1.54, 1.807) is 17.2 Å². The third-order valence-corrected chi connectivity index (χ3v) is 6.65. The van der Waals surface area contributed by atoms with Gasteiger partial charge in [-0.25, -0.2) is 0 Å². The lowest BCUT2D eigenvalue weighted by Crippen LogP contribution is -2.35. The normalized spacial score (nSPS) is 17.1. The van der Waals surface area contributed by atoms with E-state index in [2.05, 4.69) is 32.7 Å². The fraction of sp³-hybridized carbons (Fsp3) is 0.619. The topological polar surface area (TPSA) is 91.2 Å². The van der Waals surface area contributed by atoms with Crippen LogP contribution in [0.4, 0.5) is 5.95 Å². The molecule has 0 N–H and O–H groups in total. The van der Waals surface area contributed by atoms with E-state index >= 15 is 0 Å². The Morgan fingerprint density at radius 1 is 1.33 bits per heavy atom. The maximum absolute atomic E-state index is 12.9. The Bertz CT molecular complexity index is 878. The van der Waals surface area contributed by atoms with Gasteiger partial charge in [0, 0.05) is 25.7 Å². The van der Waals surface area contributed by atoms with Crippen molar-refractivity contribution in [3.8, 4) is 6.07 Å². The lowest BCUT2D eigenvalue weighted by Gasteiger charge is -2.31. The van der Waals surface area contributed by atoms with Gasteiger partial charge >= 0.3 is 0 Å². The quantitative estimate of drug-likeness (QED) is 0.565. The molecule has 9 heteroatoms. The smallest absolute Gasteiger partial charge is 0.233 e. The molecule has 3 heterocycles. The summed E-state index contributed by atoms with van der Waals surface area (Å²) in [4.78, 5) is 16.9. The number of nitriles is 1. The van der Waals surface area contributed by atoms with E-state index < -0.39 is 0 Å². The Hall–Kier alpha value is -2.47. The monoisotopic (exact) mass is 428 g/mol. The standard InChI is InChI=1S/C21H28N6O2S/c1-16-7-11-25(12-8-16)20-23-24-21(27(20)17-5-6-17)30-15-19(28)26(10-3-9-22)14-18-4-2-13-29-18/h2,4,13,16-17H,3,5-8,10-12,14-15H2,1H3. The molecule has 1 saturated carbocycles. The van der Waals surface area contributed by atoms with Gasteiger partial charge in [0.1, 0.15) is 5.76 Å². The Balaban J connectivity index is 1.42. The van der Waals surface area contributed by atoms with E-state index in [0.29, 0.717) is 31.3 Å². The number of furan rings is 1. The first-order valence-corrected chi connectivity index (χ1v) is 11.6. The van der Waals surface area contributed by atoms with Gasteiger partial charge in [-0.2, -0.15) is 5.26 Å². The Labute approximate surface area is 181 Å². The first-order valence-electron chi connectivity index (χ1n) is 10.7. The highest BCUT2D eigenvalue weighted by Gasteiger charge is 2.33. The van der Waals surface area contributed by atoms with Crippen molar-refractivity contribution in [2.75, 3.05) is 30.3 Å². The van der Waals surface area contributed by atoms with Gasteiger partial charge in [-0.1, -0.05) is 18.7 Å². The number of carbonyl (C=O) groups excluding carboxylic acids is 1. The van der Waals surface area contributed by atoms with Crippen LogP contribution in [0.2, 0.25) is 0 Å². The molecule has 8 nitrogen and oxygen atoms in total. The minimum Gasteiger partial charge on any atom is -0.467 e. The zero-order valence-electron chi connectivity index (χ0n) is 17.4. The number of rotatable bonds is 9. The maximum atomic E-state index is 12.9. The average Bonchev–Trinajstić information content (AvgIpc) is 3.29. The molecule has 2 aromatic heterocycles. The van der Waals surface area contributed by atoms with Gasteiger partial charge in [0.15, 0.2) is 5.16 Å². The maximum Gasteiger partial charge on any atom is 0.233 e. The van der Waals surface area contributed by atoms with E-state index in [0.717, 1.165) is 43.0 Å². The summed E-state index contributed by atoms with van der Waals surface area (Å²) in [7, 11) is 0. The molecule has 4 rings (SSSR count). The molecule has 0 radical (unpaired) electrons. The number of aromatic nitrogens is 3. The molecule has 0 aromatic carbocycles. The SMILES string of the molecule is CC1CCN(c2nnc(SCC(=O)N(CCC#N)Cc3ccco3)n2C2CC2)CC1. The van der Waals surface area contributed by atoms with Crippen molar-refractivity contribution in [3.63, 3.8) is 0 Å². The largest absolute Gasteiger partial charge is 0.467 e. The highest BCUT2D eigenvalue weighted by atomic mass is 32.2. The summed E-state index contributed by atoms with van der Waals surface area (Å²) in [6.07, 6.45) is 6.54. The van der Waals surface area contributed by atoms with Crippen molar-refractivity contribution in [1.82, 2.24) is 19.7 Å². The van der Waals surface area contributed by atoms with Gasteiger partial charge in [0.25, 0.3) is 0 Å². The molecule has 0 atom stereocenters. The van der Waals surface area contributed by atoms with Crippen molar-refractivity contribution in [2.24, 2.45) is 5.92 Å². The van der Waals surface area contributed by atoms with Gasteiger partial charge in [-0.3, -0.25) is 9.36 Å². The molecule has 0 spiro atoms. The lowest BCUT2D eigenvalue weighted by atomic mass is 10.00. The summed E-state index contributed by atoms with van der Waals surface area (Å²) in [5.74, 6) is 2.68. The molecule has 1 saturated heterocycles. The van der Waals surface area contributed by atoms with Crippen LogP contribution in [0, 0.1) is 17.2 Å². The van der Waals surface area contributed by atoms with Gasteiger partial charge in [0.2, 0.25) is 11.9 Å². The second-order valence-corrected chi connectivity index (χ2v) is 9.09. The summed E-state index contributed by atoms with van der Waals surface area (Å²) < 4.78 is 7.61. The molecule has 2 aromatic rings. The predicted molar refractivity (Wildman–Crippen MR) is 114 cm³/mol. The zero-order chi connectivity index (χ0) is 20.9. The number of amides is 1. The minimum absolute atomic E-state index is 0.0228. The number of hydrogen-bond donors (Lipinski definition) is 0. The molecule has 1 aliphatic carbocycles. The van der Waals surface area contributed by atoms with Crippen LogP contribution in [0.1, 0.15) is 50.8 Å². The number of carbonyl (C=O) groups is 1. The number of thioether (sulfide) groups is 1. The van der Waals surface area contributed by atoms with Crippen LogP contribution in [0.3, 0.4) is 0 Å². The lowest BCUT2D eigenvalue weighted by molar-refractivity contribution is -0.129. The molecule has 30 heavy (non-hydrogen) atoms. The minimum atomic E-state index is -0.0228. The molecule has 0 bridgehead atoms. The molecule has 2 fully saturated rings. The molecule has 0 unspecified atom stereocenters. The van der Waals surface area contributed by atoms with Crippen molar-refractivity contribution in [1.29, 1.82) is 5.26 Å². The number of hydrogen-bond acceptors (Lipinski definition) is 7. The van der Waals surface area contributed by atoms with Crippen LogP contribution < -0.4 is 4.90 Å². The van der Waals surface area contributed by atoms with Crippen LogP contribution in [0.15, 0.2) is 28.0 Å².